The van der Waals surface area contributed by atoms with E-state index >= 15 is 0 Å². The van der Waals surface area contributed by atoms with Crippen molar-refractivity contribution in [2.75, 3.05) is 17.2 Å². The maximum Gasteiger partial charge on any atom is 0.329 e. The van der Waals surface area contributed by atoms with Crippen molar-refractivity contribution in [2.45, 2.75) is 27.7 Å². The molecule has 0 unspecified atom stereocenters. The number of aromatic nitrogens is 1. The summed E-state index contributed by atoms with van der Waals surface area (Å²) in [6.07, 6.45) is 1.61. The molecule has 0 atom stereocenters. The Morgan fingerprint density at radius 1 is 0.917 bits per heavy atom. The Morgan fingerprint density at radius 3 is 2.17 bits per heavy atom. The van der Waals surface area contributed by atoms with Crippen LogP contribution in [0.3, 0.4) is 0 Å². The first-order valence-electron chi connectivity index (χ1n) is 11.4. The van der Waals surface area contributed by atoms with Crippen molar-refractivity contribution >= 4 is 41.2 Å². The molecule has 1 aliphatic heterocycles. The number of nitrogens with one attached hydrogen (secondary N) is 3. The van der Waals surface area contributed by atoms with E-state index in [1.165, 1.54) is 6.92 Å². The highest BCUT2D eigenvalue weighted by Crippen LogP contribution is 2.25. The van der Waals surface area contributed by atoms with E-state index in [2.05, 4.69) is 16.0 Å². The summed E-state index contributed by atoms with van der Waals surface area (Å²) >= 11 is 0. The molecule has 1 aliphatic rings. The molecule has 9 heteroatoms. The molecule has 0 bridgehead atoms. The summed E-state index contributed by atoms with van der Waals surface area (Å²) < 4.78 is 2.01. The Morgan fingerprint density at radius 2 is 1.53 bits per heavy atom. The van der Waals surface area contributed by atoms with E-state index in [4.69, 9.17) is 0 Å². The first-order chi connectivity index (χ1) is 17.1. The largest absolute Gasteiger partial charge is 0.329 e. The van der Waals surface area contributed by atoms with Crippen LogP contribution < -0.4 is 16.0 Å². The molecule has 0 aliphatic carbocycles. The Bertz CT molecular complexity index is 1380. The van der Waals surface area contributed by atoms with E-state index < -0.39 is 24.4 Å². The van der Waals surface area contributed by atoms with Crippen LogP contribution >= 0.6 is 0 Å². The van der Waals surface area contributed by atoms with E-state index in [-0.39, 0.29) is 11.6 Å². The average molecular weight is 486 g/mol. The molecule has 1 fully saturated rings. The molecule has 2 heterocycles. The lowest BCUT2D eigenvalue weighted by Crippen LogP contribution is -2.38. The Balaban J connectivity index is 1.50. The molecule has 2 aromatic carbocycles. The van der Waals surface area contributed by atoms with Gasteiger partial charge in [-0.15, -0.1) is 0 Å². The van der Waals surface area contributed by atoms with Crippen molar-refractivity contribution in [1.29, 1.82) is 0 Å². The molecule has 184 valence electrons. The van der Waals surface area contributed by atoms with Crippen LogP contribution in [-0.2, 0) is 14.4 Å². The summed E-state index contributed by atoms with van der Waals surface area (Å²) in [4.78, 5) is 49.9. The molecule has 0 saturated carbocycles. The number of imide groups is 1. The maximum absolute atomic E-state index is 12.9. The van der Waals surface area contributed by atoms with Crippen LogP contribution in [0, 0.1) is 20.8 Å². The van der Waals surface area contributed by atoms with Crippen molar-refractivity contribution in [3.05, 3.63) is 82.8 Å². The molecule has 36 heavy (non-hydrogen) atoms. The van der Waals surface area contributed by atoms with Crippen LogP contribution in [0.4, 0.5) is 16.2 Å². The van der Waals surface area contributed by atoms with Crippen molar-refractivity contribution in [1.82, 2.24) is 14.8 Å². The fourth-order valence-electron chi connectivity index (χ4n) is 4.08. The van der Waals surface area contributed by atoms with Gasteiger partial charge in [-0.2, -0.15) is 0 Å². The number of aryl methyl sites for hydroxylation is 2. The SMILES string of the molecule is CC(=O)Nc1ccc(-n2c(C)cc(/C=C3\NC(=O)N(CC(=O)Nc4ccc(C)cc4)C3=O)c2C)cc1. The maximum atomic E-state index is 12.9. The third kappa shape index (κ3) is 5.20. The number of anilines is 2. The predicted octanol–water partition coefficient (Wildman–Crippen LogP) is 3.89. The number of carbonyl (C=O) groups is 4. The number of hydrogen-bond acceptors (Lipinski definition) is 4. The fourth-order valence-corrected chi connectivity index (χ4v) is 4.08. The van der Waals surface area contributed by atoms with E-state index in [0.717, 1.165) is 33.1 Å². The van der Waals surface area contributed by atoms with Crippen LogP contribution in [0.2, 0.25) is 0 Å². The molecule has 3 aromatic rings. The van der Waals surface area contributed by atoms with Gasteiger partial charge in [0.25, 0.3) is 5.91 Å². The summed E-state index contributed by atoms with van der Waals surface area (Å²) in [6, 6.07) is 15.9. The van der Waals surface area contributed by atoms with Crippen molar-refractivity contribution in [3.63, 3.8) is 0 Å². The number of urea groups is 1. The predicted molar refractivity (Wildman–Crippen MR) is 138 cm³/mol. The molecule has 3 N–H and O–H groups in total. The van der Waals surface area contributed by atoms with Gasteiger partial charge in [0.05, 0.1) is 0 Å². The normalized spacial score (nSPS) is 14.2. The first-order valence-corrected chi connectivity index (χ1v) is 11.4. The van der Waals surface area contributed by atoms with E-state index in [1.807, 2.05) is 67.8 Å². The van der Waals surface area contributed by atoms with Gasteiger partial charge in [-0.1, -0.05) is 17.7 Å². The Hall–Kier alpha value is -4.66. The lowest BCUT2D eigenvalue weighted by molar-refractivity contribution is -0.127. The van der Waals surface area contributed by atoms with Crippen LogP contribution in [0.15, 0.2) is 60.3 Å². The summed E-state index contributed by atoms with van der Waals surface area (Å²) in [5, 5.41) is 8.00. The van der Waals surface area contributed by atoms with Crippen molar-refractivity contribution < 1.29 is 19.2 Å². The first kappa shape index (κ1) is 24.5. The summed E-state index contributed by atoms with van der Waals surface area (Å²) in [5.74, 6) is -1.18. The number of benzene rings is 2. The van der Waals surface area contributed by atoms with Gasteiger partial charge in [-0.25, -0.2) is 9.69 Å². The second-order valence-electron chi connectivity index (χ2n) is 8.68. The lowest BCUT2D eigenvalue weighted by atomic mass is 10.2. The van der Waals surface area contributed by atoms with Gasteiger partial charge in [0.15, 0.2) is 0 Å². The van der Waals surface area contributed by atoms with Gasteiger partial charge in [-0.3, -0.25) is 14.4 Å². The molecule has 9 nitrogen and oxygen atoms in total. The number of amides is 5. The van der Waals surface area contributed by atoms with Crippen LogP contribution in [0.1, 0.15) is 29.4 Å². The van der Waals surface area contributed by atoms with Crippen LogP contribution in [0.5, 0.6) is 0 Å². The van der Waals surface area contributed by atoms with Gasteiger partial charge in [0, 0.05) is 35.4 Å². The minimum absolute atomic E-state index is 0.101. The average Bonchev–Trinajstić information content (AvgIpc) is 3.24. The van der Waals surface area contributed by atoms with Crippen LogP contribution in [0.25, 0.3) is 11.8 Å². The van der Waals surface area contributed by atoms with Gasteiger partial charge < -0.3 is 20.5 Å². The third-order valence-electron chi connectivity index (χ3n) is 5.82. The number of carbonyl (C=O) groups excluding carboxylic acids is 4. The van der Waals surface area contributed by atoms with Gasteiger partial charge in [-0.05, 0) is 74.9 Å². The Kier molecular flexibility index (Phi) is 6.73. The third-order valence-corrected chi connectivity index (χ3v) is 5.82. The highest BCUT2D eigenvalue weighted by Gasteiger charge is 2.35. The standard InChI is InChI=1S/C27H27N5O4/c1-16-5-7-22(8-6-16)29-25(34)15-31-26(35)24(30-27(31)36)14-20-13-17(2)32(18(20)3)23-11-9-21(10-12-23)28-19(4)33/h5-14H,15H2,1-4H3,(H,28,33)(H,29,34)(H,30,36)/b24-14-. The molecule has 4 rings (SSSR count). The molecule has 1 saturated heterocycles. The zero-order valence-electron chi connectivity index (χ0n) is 20.5. The van der Waals surface area contributed by atoms with Gasteiger partial charge >= 0.3 is 6.03 Å². The smallest absolute Gasteiger partial charge is 0.326 e. The van der Waals surface area contributed by atoms with E-state index in [1.54, 1.807) is 18.2 Å². The topological polar surface area (TPSA) is 113 Å². The zero-order valence-corrected chi connectivity index (χ0v) is 20.5. The Labute approximate surface area is 208 Å². The second kappa shape index (κ2) is 9.91. The van der Waals surface area contributed by atoms with E-state index in [9.17, 15) is 19.2 Å². The number of rotatable bonds is 6. The van der Waals surface area contributed by atoms with Crippen LogP contribution in [-0.4, -0.2) is 39.8 Å². The molecule has 0 spiro atoms. The van der Waals surface area contributed by atoms with E-state index in [0.29, 0.717) is 11.4 Å². The molecule has 5 amide bonds. The van der Waals surface area contributed by atoms with Crippen molar-refractivity contribution in [3.8, 4) is 5.69 Å². The second-order valence-corrected chi connectivity index (χ2v) is 8.68. The summed E-state index contributed by atoms with van der Waals surface area (Å²) in [7, 11) is 0. The molecule has 0 radical (unpaired) electrons. The molecular formula is C27H27N5O4. The summed E-state index contributed by atoms with van der Waals surface area (Å²) in [5.41, 5.74) is 5.88. The lowest BCUT2D eigenvalue weighted by Gasteiger charge is -2.12. The number of hydrogen-bond donors (Lipinski definition) is 3. The quantitative estimate of drug-likeness (QED) is 0.363. The fraction of sp³-hybridized carbons (Fsp3) is 0.185. The van der Waals surface area contributed by atoms with Gasteiger partial charge in [0.1, 0.15) is 12.2 Å². The zero-order chi connectivity index (χ0) is 26.0. The minimum Gasteiger partial charge on any atom is -0.326 e. The molecule has 1 aromatic heterocycles. The highest BCUT2D eigenvalue weighted by molar-refractivity contribution is 6.16. The van der Waals surface area contributed by atoms with Gasteiger partial charge in [0.2, 0.25) is 11.8 Å². The van der Waals surface area contributed by atoms with Crippen molar-refractivity contribution in [2.24, 2.45) is 0 Å². The monoisotopic (exact) mass is 485 g/mol. The summed E-state index contributed by atoms with van der Waals surface area (Å²) in [6.45, 7) is 6.85. The highest BCUT2D eigenvalue weighted by atomic mass is 16.2. The minimum atomic E-state index is -0.646. The molecular weight excluding hydrogens is 458 g/mol. The number of nitrogens with zero attached hydrogens (tertiary/aromatic N) is 2.